The summed E-state index contributed by atoms with van der Waals surface area (Å²) in [6, 6.07) is 5.73. The first-order chi connectivity index (χ1) is 13.9. The van der Waals surface area contributed by atoms with Crippen molar-refractivity contribution < 1.29 is 13.9 Å². The molecule has 1 N–H and O–H groups in total. The van der Waals surface area contributed by atoms with Crippen molar-refractivity contribution in [3.05, 3.63) is 71.5 Å². The smallest absolute Gasteiger partial charge is 0.253 e. The molecule has 5 heteroatoms. The Morgan fingerprint density at radius 2 is 2.03 bits per heavy atom. The number of rotatable bonds is 9. The number of likely N-dealkylation sites (tertiary alicyclic amines) is 1. The van der Waals surface area contributed by atoms with Gasteiger partial charge in [-0.1, -0.05) is 24.8 Å². The second-order valence-electron chi connectivity index (χ2n) is 7.57. The van der Waals surface area contributed by atoms with Gasteiger partial charge in [-0.25, -0.2) is 4.39 Å². The zero-order valence-corrected chi connectivity index (χ0v) is 17.8. The highest BCUT2D eigenvalue weighted by molar-refractivity contribution is 5.94. The van der Waals surface area contributed by atoms with Crippen LogP contribution in [0.15, 0.2) is 54.8 Å². The highest BCUT2D eigenvalue weighted by Gasteiger charge is 2.35. The molecule has 1 amide bonds. The van der Waals surface area contributed by atoms with Gasteiger partial charge in [-0.15, -0.1) is 0 Å². The quantitative estimate of drug-likeness (QED) is 0.377. The Balaban J connectivity index is 1.75. The van der Waals surface area contributed by atoms with Crippen molar-refractivity contribution in [2.24, 2.45) is 0 Å². The van der Waals surface area contributed by atoms with Crippen molar-refractivity contribution in [1.29, 1.82) is 0 Å². The zero-order valence-electron chi connectivity index (χ0n) is 17.8. The Bertz CT molecular complexity index is 762. The molecule has 29 heavy (non-hydrogen) atoms. The number of alkyl halides is 1. The highest BCUT2D eigenvalue weighted by atomic mass is 19.1. The van der Waals surface area contributed by atoms with Crippen molar-refractivity contribution in [2.45, 2.75) is 39.3 Å². The van der Waals surface area contributed by atoms with Crippen molar-refractivity contribution in [3.8, 4) is 0 Å². The van der Waals surface area contributed by atoms with Crippen LogP contribution in [-0.2, 0) is 4.74 Å². The van der Waals surface area contributed by atoms with E-state index in [1.807, 2.05) is 51.1 Å². The summed E-state index contributed by atoms with van der Waals surface area (Å²) in [5.41, 5.74) is 1.65. The van der Waals surface area contributed by atoms with E-state index in [0.29, 0.717) is 44.6 Å². The number of nitrogens with one attached hydrogen (secondary N) is 1. The molecule has 0 spiro atoms. The van der Waals surface area contributed by atoms with E-state index in [0.717, 1.165) is 16.9 Å². The van der Waals surface area contributed by atoms with Crippen LogP contribution < -0.4 is 5.32 Å². The zero-order chi connectivity index (χ0) is 21.3. The predicted octanol–water partition coefficient (Wildman–Crippen LogP) is 4.50. The van der Waals surface area contributed by atoms with Gasteiger partial charge < -0.3 is 15.0 Å². The molecule has 1 heterocycles. The number of amides is 1. The van der Waals surface area contributed by atoms with Gasteiger partial charge in [0.05, 0.1) is 0 Å². The van der Waals surface area contributed by atoms with E-state index in [9.17, 15) is 4.79 Å². The Morgan fingerprint density at radius 1 is 1.31 bits per heavy atom. The number of halogens is 1. The van der Waals surface area contributed by atoms with Crippen LogP contribution in [-0.4, -0.2) is 49.3 Å². The van der Waals surface area contributed by atoms with Gasteiger partial charge in [0.1, 0.15) is 18.0 Å². The van der Waals surface area contributed by atoms with Gasteiger partial charge in [-0.2, -0.15) is 0 Å². The topological polar surface area (TPSA) is 41.6 Å². The average Bonchev–Trinajstić information content (AvgIpc) is 2.70. The molecular formula is C24H33FN2O2. The number of ether oxygens (including phenoxy) is 1. The molecule has 1 aromatic rings. The number of benzene rings is 1. The van der Waals surface area contributed by atoms with E-state index < -0.39 is 5.67 Å². The summed E-state index contributed by atoms with van der Waals surface area (Å²) in [5, 5.41) is 3.14. The summed E-state index contributed by atoms with van der Waals surface area (Å²) in [6.45, 7) is 11.8. The lowest BCUT2D eigenvalue weighted by Gasteiger charge is -2.36. The third-order valence-corrected chi connectivity index (χ3v) is 5.30. The van der Waals surface area contributed by atoms with Crippen LogP contribution in [0, 0.1) is 13.8 Å². The fourth-order valence-electron chi connectivity index (χ4n) is 3.33. The largest absolute Gasteiger partial charge is 0.492 e. The van der Waals surface area contributed by atoms with Gasteiger partial charge in [0.2, 0.25) is 0 Å². The fraction of sp³-hybridized carbons (Fsp3) is 0.458. The van der Waals surface area contributed by atoms with Gasteiger partial charge in [0.25, 0.3) is 5.91 Å². The van der Waals surface area contributed by atoms with Crippen molar-refractivity contribution in [1.82, 2.24) is 10.2 Å². The van der Waals surface area contributed by atoms with Crippen LogP contribution >= 0.6 is 0 Å². The third-order valence-electron chi connectivity index (χ3n) is 5.30. The van der Waals surface area contributed by atoms with Crippen LogP contribution in [0.25, 0.3) is 0 Å². The van der Waals surface area contributed by atoms with E-state index in [1.54, 1.807) is 17.1 Å². The summed E-state index contributed by atoms with van der Waals surface area (Å²) in [4.78, 5) is 14.5. The van der Waals surface area contributed by atoms with E-state index in [2.05, 4.69) is 11.9 Å². The maximum atomic E-state index is 15.1. The fourth-order valence-corrected chi connectivity index (χ4v) is 3.33. The molecule has 2 rings (SSSR count). The molecule has 0 aliphatic carbocycles. The molecule has 1 saturated heterocycles. The molecule has 0 radical (unpaired) electrons. The first kappa shape index (κ1) is 22.9. The first-order valence-corrected chi connectivity index (χ1v) is 10.2. The number of nitrogens with zero attached hydrogens (tertiary/aromatic N) is 1. The number of hydrogen-bond acceptors (Lipinski definition) is 3. The number of aryl methyl sites for hydroxylation is 2. The standard InChI is InChI=1S/C24H33FN2O2/c1-5-7-22(8-6-2)29-16-13-26-18-24(25)11-14-27(15-12-24)23(28)21-10-9-19(3)20(4)17-21/h5-10,17,26H,1,11-16,18H2,2-4H3/b8-6-,22-7+. The molecule has 4 nitrogen and oxygen atoms in total. The van der Waals surface area contributed by atoms with E-state index >= 15 is 4.39 Å². The van der Waals surface area contributed by atoms with E-state index in [-0.39, 0.29) is 12.5 Å². The molecule has 0 bridgehead atoms. The maximum absolute atomic E-state index is 15.1. The van der Waals surface area contributed by atoms with Crippen molar-refractivity contribution >= 4 is 5.91 Å². The number of carbonyl (C=O) groups is 1. The van der Waals surface area contributed by atoms with Gasteiger partial charge in [0.15, 0.2) is 0 Å². The van der Waals surface area contributed by atoms with Crippen LogP contribution in [0.1, 0.15) is 41.3 Å². The lowest BCUT2D eigenvalue weighted by atomic mass is 9.92. The van der Waals surface area contributed by atoms with Crippen LogP contribution in [0.3, 0.4) is 0 Å². The summed E-state index contributed by atoms with van der Waals surface area (Å²) in [5.74, 6) is 0.722. The van der Waals surface area contributed by atoms with E-state index in [4.69, 9.17) is 4.74 Å². The molecule has 0 aromatic heterocycles. The van der Waals surface area contributed by atoms with Crippen LogP contribution in [0.4, 0.5) is 4.39 Å². The van der Waals surface area contributed by atoms with Crippen LogP contribution in [0.2, 0.25) is 0 Å². The summed E-state index contributed by atoms with van der Waals surface area (Å²) >= 11 is 0. The summed E-state index contributed by atoms with van der Waals surface area (Å²) in [6.07, 6.45) is 7.91. The van der Waals surface area contributed by atoms with Crippen LogP contribution in [0.5, 0.6) is 0 Å². The summed E-state index contributed by atoms with van der Waals surface area (Å²) < 4.78 is 20.7. The first-order valence-electron chi connectivity index (χ1n) is 10.2. The number of carbonyl (C=O) groups excluding carboxylic acids is 1. The minimum Gasteiger partial charge on any atom is -0.492 e. The molecule has 0 saturated carbocycles. The van der Waals surface area contributed by atoms with Gasteiger partial charge in [-0.3, -0.25) is 4.79 Å². The molecule has 1 fully saturated rings. The monoisotopic (exact) mass is 400 g/mol. The summed E-state index contributed by atoms with van der Waals surface area (Å²) in [7, 11) is 0. The Morgan fingerprint density at radius 3 is 2.66 bits per heavy atom. The predicted molar refractivity (Wildman–Crippen MR) is 117 cm³/mol. The Kier molecular flexibility index (Phi) is 8.65. The Labute approximate surface area is 174 Å². The third kappa shape index (κ3) is 6.86. The van der Waals surface area contributed by atoms with Crippen molar-refractivity contribution in [3.63, 3.8) is 0 Å². The average molecular weight is 401 g/mol. The lowest BCUT2D eigenvalue weighted by molar-refractivity contribution is 0.0430. The molecule has 1 aromatic carbocycles. The number of piperidine rings is 1. The molecule has 1 aliphatic rings. The van der Waals surface area contributed by atoms with Gasteiger partial charge >= 0.3 is 0 Å². The maximum Gasteiger partial charge on any atom is 0.253 e. The van der Waals surface area contributed by atoms with Gasteiger partial charge in [0, 0.05) is 44.6 Å². The van der Waals surface area contributed by atoms with Gasteiger partial charge in [-0.05, 0) is 56.2 Å². The second kappa shape index (κ2) is 11.0. The molecule has 0 unspecified atom stereocenters. The number of hydrogen-bond donors (Lipinski definition) is 1. The molecule has 158 valence electrons. The SMILES string of the molecule is C=C/C=C(\C=C/C)OCCNCC1(F)CCN(C(=O)c2ccc(C)c(C)c2)CC1. The minimum atomic E-state index is -1.29. The normalized spacial score (nSPS) is 16.8. The Hall–Kier alpha value is -2.40. The minimum absolute atomic E-state index is 0.0120. The highest BCUT2D eigenvalue weighted by Crippen LogP contribution is 2.27. The van der Waals surface area contributed by atoms with Crippen molar-refractivity contribution in [2.75, 3.05) is 32.8 Å². The van der Waals surface area contributed by atoms with E-state index in [1.165, 1.54) is 0 Å². The second-order valence-corrected chi connectivity index (χ2v) is 7.57. The molecule has 1 aliphatic heterocycles. The number of allylic oxidation sites excluding steroid dienone is 4. The molecular weight excluding hydrogens is 367 g/mol. The molecule has 0 atom stereocenters. The lowest BCUT2D eigenvalue weighted by Crippen LogP contribution is -2.49.